The highest BCUT2D eigenvalue weighted by molar-refractivity contribution is 8.13. The summed E-state index contributed by atoms with van der Waals surface area (Å²) in [5, 5.41) is 24.8. The Labute approximate surface area is 257 Å². The van der Waals surface area contributed by atoms with E-state index in [0.29, 0.717) is 17.4 Å². The van der Waals surface area contributed by atoms with E-state index in [-0.39, 0.29) is 30.1 Å². The lowest BCUT2D eigenvalue weighted by Crippen LogP contribution is -2.24. The molecule has 2 N–H and O–H groups in total. The van der Waals surface area contributed by atoms with Crippen LogP contribution in [0.15, 0.2) is 57.9 Å². The van der Waals surface area contributed by atoms with Crippen molar-refractivity contribution >= 4 is 57.5 Å². The van der Waals surface area contributed by atoms with E-state index in [1.54, 1.807) is 0 Å². The maximum absolute atomic E-state index is 12.6. The summed E-state index contributed by atoms with van der Waals surface area (Å²) in [5.41, 5.74) is 4.05. The molecule has 2 aromatic rings. The van der Waals surface area contributed by atoms with Gasteiger partial charge in [-0.1, -0.05) is 41.3 Å². The normalized spacial score (nSPS) is 17.6. The minimum Gasteiger partial charge on any atom is -0.381 e. The number of amides is 2. The molecule has 2 unspecified atom stereocenters. The summed E-state index contributed by atoms with van der Waals surface area (Å²) in [5.74, 6) is 0.679. The second-order valence-electron chi connectivity index (χ2n) is 10.6. The summed E-state index contributed by atoms with van der Waals surface area (Å²) < 4.78 is 0. The van der Waals surface area contributed by atoms with E-state index in [0.717, 1.165) is 51.8 Å². The Kier molecular flexibility index (Phi) is 12.7. The van der Waals surface area contributed by atoms with Crippen LogP contribution in [0.4, 0.5) is 10.8 Å². The van der Waals surface area contributed by atoms with Crippen LogP contribution in [0.5, 0.6) is 0 Å². The second kappa shape index (κ2) is 16.2. The Hall–Kier alpha value is -3.51. The molecule has 1 aromatic carbocycles. The van der Waals surface area contributed by atoms with Crippen LogP contribution in [-0.2, 0) is 16.0 Å². The van der Waals surface area contributed by atoms with Crippen LogP contribution in [0.25, 0.3) is 0 Å². The van der Waals surface area contributed by atoms with Crippen molar-refractivity contribution in [3.05, 3.63) is 58.3 Å². The van der Waals surface area contributed by atoms with Crippen LogP contribution in [0, 0.1) is 5.92 Å². The van der Waals surface area contributed by atoms with Gasteiger partial charge >= 0.3 is 0 Å². The molecular formula is C30H42N8O2S2. The van der Waals surface area contributed by atoms with Gasteiger partial charge in [0.15, 0.2) is 0 Å². The fraction of sp³-hybridized carbons (Fsp3) is 0.467. The van der Waals surface area contributed by atoms with Crippen LogP contribution in [0.3, 0.4) is 0 Å². The molecule has 1 fully saturated rings. The maximum Gasteiger partial charge on any atom is 0.230 e. The summed E-state index contributed by atoms with van der Waals surface area (Å²) in [4.78, 5) is 29.2. The van der Waals surface area contributed by atoms with Crippen molar-refractivity contribution in [3.8, 4) is 0 Å². The number of hydrogen-bond acceptors (Lipinski definition) is 10. The molecule has 0 spiro atoms. The van der Waals surface area contributed by atoms with Crippen molar-refractivity contribution in [1.29, 1.82) is 0 Å². The van der Waals surface area contributed by atoms with Crippen molar-refractivity contribution in [3.63, 3.8) is 0 Å². The highest BCUT2D eigenvalue weighted by Gasteiger charge is 2.32. The Morgan fingerprint density at radius 1 is 1.19 bits per heavy atom. The van der Waals surface area contributed by atoms with Crippen LogP contribution in [0.2, 0.25) is 0 Å². The van der Waals surface area contributed by atoms with Gasteiger partial charge in [0, 0.05) is 58.1 Å². The zero-order chi connectivity index (χ0) is 30.6. The summed E-state index contributed by atoms with van der Waals surface area (Å²) in [6.07, 6.45) is 7.30. The van der Waals surface area contributed by atoms with Gasteiger partial charge in [0.2, 0.25) is 16.9 Å². The molecule has 1 heterocycles. The zero-order valence-corrected chi connectivity index (χ0v) is 27.0. The van der Waals surface area contributed by atoms with Gasteiger partial charge in [-0.25, -0.2) is 0 Å². The quantitative estimate of drug-likeness (QED) is 0.104. The fourth-order valence-electron chi connectivity index (χ4n) is 4.54. The molecule has 0 bridgehead atoms. The number of thioether (sulfide) groups is 1. The topological polar surface area (TPSA) is 115 Å². The second-order valence-corrected chi connectivity index (χ2v) is 12.6. The first-order valence-corrected chi connectivity index (χ1v) is 15.7. The molecule has 1 aliphatic rings. The SMILES string of the molecule is C=NN=C(SCNC(=O)CC(=CC)C=C(C)N(C)C)C1CCC(c2nnc(NC(=O)Cc3cccc(N(C)C)c3)s2)C1. The van der Waals surface area contributed by atoms with E-state index < -0.39 is 0 Å². The molecule has 1 aliphatic carbocycles. The van der Waals surface area contributed by atoms with Gasteiger partial charge in [-0.15, -0.1) is 15.3 Å². The van der Waals surface area contributed by atoms with E-state index in [1.165, 1.54) is 23.1 Å². The van der Waals surface area contributed by atoms with E-state index in [9.17, 15) is 9.59 Å². The molecule has 10 nitrogen and oxygen atoms in total. The first-order valence-electron chi connectivity index (χ1n) is 13.9. The first kappa shape index (κ1) is 33.0. The van der Waals surface area contributed by atoms with Crippen molar-refractivity contribution < 1.29 is 9.59 Å². The molecule has 226 valence electrons. The third kappa shape index (κ3) is 10.1. The van der Waals surface area contributed by atoms with E-state index in [4.69, 9.17) is 0 Å². The number of benzene rings is 1. The maximum atomic E-state index is 12.6. The third-order valence-corrected chi connectivity index (χ3v) is 9.10. The lowest BCUT2D eigenvalue weighted by Gasteiger charge is -2.14. The van der Waals surface area contributed by atoms with Crippen molar-refractivity contribution in [1.82, 2.24) is 20.4 Å². The Morgan fingerprint density at radius 3 is 2.67 bits per heavy atom. The van der Waals surface area contributed by atoms with Crippen molar-refractivity contribution in [2.45, 2.75) is 51.9 Å². The Bertz CT molecular complexity index is 1330. The number of hydrogen-bond donors (Lipinski definition) is 2. The molecular weight excluding hydrogens is 569 g/mol. The molecule has 12 heteroatoms. The number of aromatic nitrogens is 2. The number of rotatable bonds is 13. The summed E-state index contributed by atoms with van der Waals surface area (Å²) in [7, 11) is 7.91. The minimum atomic E-state index is -0.117. The summed E-state index contributed by atoms with van der Waals surface area (Å²) >= 11 is 2.91. The largest absolute Gasteiger partial charge is 0.381 e. The smallest absolute Gasteiger partial charge is 0.230 e. The van der Waals surface area contributed by atoms with Crippen LogP contribution >= 0.6 is 23.1 Å². The first-order chi connectivity index (χ1) is 20.1. The molecule has 0 saturated heterocycles. The Morgan fingerprint density at radius 2 is 1.98 bits per heavy atom. The fourth-order valence-corrected chi connectivity index (χ4v) is 6.40. The zero-order valence-electron chi connectivity index (χ0n) is 25.4. The van der Waals surface area contributed by atoms with E-state index >= 15 is 0 Å². The number of carbonyl (C=O) groups excluding carboxylic acids is 2. The predicted octanol–water partition coefficient (Wildman–Crippen LogP) is 5.29. The molecule has 0 aliphatic heterocycles. The molecule has 2 atom stereocenters. The highest BCUT2D eigenvalue weighted by atomic mass is 32.2. The highest BCUT2D eigenvalue weighted by Crippen LogP contribution is 2.42. The van der Waals surface area contributed by atoms with Gasteiger partial charge in [-0.3, -0.25) is 9.59 Å². The third-order valence-electron chi connectivity index (χ3n) is 7.10. The van der Waals surface area contributed by atoms with Gasteiger partial charge in [-0.2, -0.15) is 5.10 Å². The molecule has 1 saturated carbocycles. The molecule has 1 aromatic heterocycles. The predicted molar refractivity (Wildman–Crippen MR) is 176 cm³/mol. The van der Waals surface area contributed by atoms with Crippen LogP contribution in [-0.4, -0.2) is 72.7 Å². The van der Waals surface area contributed by atoms with Gasteiger partial charge in [-0.05, 0) is 62.5 Å². The number of allylic oxidation sites excluding steroid dienone is 3. The van der Waals surface area contributed by atoms with Gasteiger partial charge in [0.05, 0.1) is 18.7 Å². The summed E-state index contributed by atoms with van der Waals surface area (Å²) in [6, 6.07) is 7.92. The van der Waals surface area contributed by atoms with Gasteiger partial charge < -0.3 is 20.4 Å². The monoisotopic (exact) mass is 610 g/mol. The molecule has 42 heavy (non-hydrogen) atoms. The van der Waals surface area contributed by atoms with Crippen molar-refractivity contribution in [2.24, 2.45) is 16.1 Å². The minimum absolute atomic E-state index is 0.0394. The van der Waals surface area contributed by atoms with Crippen LogP contribution < -0.4 is 15.5 Å². The molecule has 3 rings (SSSR count). The Balaban J connectivity index is 1.50. The van der Waals surface area contributed by atoms with E-state index in [1.807, 2.05) is 88.3 Å². The van der Waals surface area contributed by atoms with Crippen molar-refractivity contribution in [2.75, 3.05) is 44.3 Å². The number of anilines is 2. The lowest BCUT2D eigenvalue weighted by atomic mass is 10.1. The van der Waals surface area contributed by atoms with E-state index in [2.05, 4.69) is 37.8 Å². The average Bonchev–Trinajstić information content (AvgIpc) is 3.62. The number of nitrogens with one attached hydrogen (secondary N) is 2. The number of carbonyl (C=O) groups is 2. The standard InChI is InChI=1S/C30H42N8O2S2/c1-8-21(14-20(2)37(4)5)16-26(39)32-19-41-28(34-31-3)23-12-13-24(18-23)29-35-36-30(42-29)33-27(40)17-22-10-9-11-25(15-22)38(6)7/h8-11,14-15,23-24H,3,12-13,16-19H2,1-2,4-7H3,(H,32,39)(H,33,36,40). The molecule has 0 radical (unpaired) electrons. The van der Waals surface area contributed by atoms with Crippen LogP contribution in [0.1, 0.15) is 56.0 Å². The lowest BCUT2D eigenvalue weighted by molar-refractivity contribution is -0.120. The average molecular weight is 611 g/mol. The molecule has 2 amide bonds. The summed E-state index contributed by atoms with van der Waals surface area (Å²) in [6.45, 7) is 7.49. The van der Waals surface area contributed by atoms with Gasteiger partial charge in [0.25, 0.3) is 0 Å². The number of nitrogens with zero attached hydrogens (tertiary/aromatic N) is 6. The van der Waals surface area contributed by atoms with Gasteiger partial charge in [0.1, 0.15) is 10.1 Å².